The number of hydrogen-bond donors (Lipinski definition) is 1. The number of amides is 1. The van der Waals surface area contributed by atoms with E-state index in [-0.39, 0.29) is 12.2 Å². The minimum atomic E-state index is -0.456. The first-order valence-corrected chi connectivity index (χ1v) is 6.48. The van der Waals surface area contributed by atoms with Crippen molar-refractivity contribution in [3.05, 3.63) is 64.9 Å². The summed E-state index contributed by atoms with van der Waals surface area (Å²) in [6.07, 6.45) is 1.23. The van der Waals surface area contributed by atoms with Gasteiger partial charge in [-0.05, 0) is 24.3 Å². The molecule has 2 aromatic rings. The summed E-state index contributed by atoms with van der Waals surface area (Å²) >= 11 is 5.79. The van der Waals surface area contributed by atoms with Crippen LogP contribution in [0, 0.1) is 5.82 Å². The van der Waals surface area contributed by atoms with Gasteiger partial charge in [-0.3, -0.25) is 4.79 Å². The van der Waals surface area contributed by atoms with Crippen LogP contribution in [0.1, 0.15) is 5.56 Å². The van der Waals surface area contributed by atoms with Gasteiger partial charge >= 0.3 is 0 Å². The van der Waals surface area contributed by atoms with Gasteiger partial charge in [-0.25, -0.2) is 9.82 Å². The Bertz CT molecular complexity index is 662. The third kappa shape index (κ3) is 4.89. The fourth-order valence-electron chi connectivity index (χ4n) is 1.49. The zero-order valence-corrected chi connectivity index (χ0v) is 11.7. The number of nitrogens with one attached hydrogen (secondary N) is 1. The maximum absolute atomic E-state index is 13.3. The van der Waals surface area contributed by atoms with Crippen LogP contribution in [0.3, 0.4) is 0 Å². The number of carbonyl (C=O) groups is 1. The third-order valence-electron chi connectivity index (χ3n) is 2.46. The highest BCUT2D eigenvalue weighted by atomic mass is 35.5. The van der Waals surface area contributed by atoms with E-state index in [0.29, 0.717) is 10.8 Å². The van der Waals surface area contributed by atoms with E-state index in [1.807, 2.05) is 0 Å². The van der Waals surface area contributed by atoms with Crippen LogP contribution in [0.4, 0.5) is 4.39 Å². The molecule has 6 heteroatoms. The van der Waals surface area contributed by atoms with Crippen LogP contribution in [0.5, 0.6) is 5.75 Å². The normalized spacial score (nSPS) is 10.6. The van der Waals surface area contributed by atoms with Crippen molar-refractivity contribution in [3.63, 3.8) is 0 Å². The van der Waals surface area contributed by atoms with Crippen molar-refractivity contribution in [3.8, 4) is 5.75 Å². The minimum Gasteiger partial charge on any atom is -0.484 e. The zero-order chi connectivity index (χ0) is 15.1. The van der Waals surface area contributed by atoms with Gasteiger partial charge in [0.05, 0.1) is 6.21 Å². The fraction of sp³-hybridized carbons (Fsp3) is 0.0667. The number of carbonyl (C=O) groups excluding carboxylic acids is 1. The van der Waals surface area contributed by atoms with Gasteiger partial charge in [0, 0.05) is 10.6 Å². The first-order chi connectivity index (χ1) is 10.1. The van der Waals surface area contributed by atoms with Crippen LogP contribution in [0.25, 0.3) is 0 Å². The Hall–Kier alpha value is -2.40. The molecule has 0 bridgehead atoms. The maximum Gasteiger partial charge on any atom is 0.277 e. The lowest BCUT2D eigenvalue weighted by molar-refractivity contribution is -0.123. The lowest BCUT2D eigenvalue weighted by Crippen LogP contribution is -2.24. The first-order valence-electron chi connectivity index (χ1n) is 6.10. The molecule has 0 heterocycles. The van der Waals surface area contributed by atoms with E-state index in [0.717, 1.165) is 0 Å². The predicted octanol–water partition coefficient (Wildman–Crippen LogP) is 3.01. The zero-order valence-electron chi connectivity index (χ0n) is 10.9. The van der Waals surface area contributed by atoms with Gasteiger partial charge in [0.2, 0.25) is 0 Å². The molecule has 0 saturated heterocycles. The molecule has 0 radical (unpaired) electrons. The van der Waals surface area contributed by atoms with Crippen molar-refractivity contribution >= 4 is 23.7 Å². The van der Waals surface area contributed by atoms with Gasteiger partial charge in [-0.2, -0.15) is 5.10 Å². The van der Waals surface area contributed by atoms with Crippen LogP contribution in [-0.4, -0.2) is 18.7 Å². The van der Waals surface area contributed by atoms with Gasteiger partial charge in [0.25, 0.3) is 5.91 Å². The SMILES string of the molecule is O=C(COc1cccc(Cl)c1)N/N=C\c1ccccc1F. The average Bonchev–Trinajstić information content (AvgIpc) is 2.47. The number of ether oxygens (including phenoxy) is 1. The summed E-state index contributed by atoms with van der Waals surface area (Å²) in [4.78, 5) is 11.5. The molecule has 2 rings (SSSR count). The van der Waals surface area contributed by atoms with Gasteiger partial charge in [-0.1, -0.05) is 35.9 Å². The molecule has 1 N–H and O–H groups in total. The summed E-state index contributed by atoms with van der Waals surface area (Å²) in [5, 5.41) is 4.18. The van der Waals surface area contributed by atoms with E-state index in [4.69, 9.17) is 16.3 Å². The lowest BCUT2D eigenvalue weighted by Gasteiger charge is -2.04. The molecule has 0 saturated carbocycles. The number of benzene rings is 2. The van der Waals surface area contributed by atoms with E-state index in [9.17, 15) is 9.18 Å². The Morgan fingerprint density at radius 1 is 1.29 bits per heavy atom. The largest absolute Gasteiger partial charge is 0.484 e. The molecule has 108 valence electrons. The van der Waals surface area contributed by atoms with Crippen LogP contribution < -0.4 is 10.2 Å². The van der Waals surface area contributed by atoms with Crippen molar-refractivity contribution in [1.29, 1.82) is 0 Å². The number of nitrogens with zero attached hydrogens (tertiary/aromatic N) is 1. The van der Waals surface area contributed by atoms with Crippen molar-refractivity contribution in [2.75, 3.05) is 6.61 Å². The molecule has 0 aliphatic heterocycles. The molecule has 0 spiro atoms. The van der Waals surface area contributed by atoms with Gasteiger partial charge < -0.3 is 4.74 Å². The monoisotopic (exact) mass is 306 g/mol. The minimum absolute atomic E-state index is 0.213. The highest BCUT2D eigenvalue weighted by molar-refractivity contribution is 6.30. The number of rotatable bonds is 5. The highest BCUT2D eigenvalue weighted by Crippen LogP contribution is 2.16. The fourth-order valence-corrected chi connectivity index (χ4v) is 1.67. The molecule has 0 atom stereocenters. The van der Waals surface area contributed by atoms with Crippen molar-refractivity contribution in [1.82, 2.24) is 5.43 Å². The summed E-state index contributed by atoms with van der Waals surface area (Å²) in [6, 6.07) is 12.8. The van der Waals surface area contributed by atoms with Crippen LogP contribution >= 0.6 is 11.6 Å². The molecule has 21 heavy (non-hydrogen) atoms. The van der Waals surface area contributed by atoms with E-state index in [1.165, 1.54) is 12.3 Å². The molecule has 0 fully saturated rings. The average molecular weight is 307 g/mol. The Labute approximate surface area is 126 Å². The van der Waals surface area contributed by atoms with E-state index in [2.05, 4.69) is 10.5 Å². The Kier molecular flexibility index (Phi) is 5.29. The molecule has 0 aliphatic carbocycles. The first kappa shape index (κ1) is 15.0. The molecular weight excluding hydrogens is 295 g/mol. The topological polar surface area (TPSA) is 50.7 Å². The molecular formula is C15H12ClFN2O2. The summed E-state index contributed by atoms with van der Waals surface area (Å²) in [6.45, 7) is -0.213. The molecule has 2 aromatic carbocycles. The molecule has 1 amide bonds. The van der Waals surface area contributed by atoms with E-state index in [1.54, 1.807) is 42.5 Å². The van der Waals surface area contributed by atoms with Crippen molar-refractivity contribution in [2.24, 2.45) is 5.10 Å². The summed E-state index contributed by atoms with van der Waals surface area (Å²) in [5.74, 6) is -0.385. The Morgan fingerprint density at radius 3 is 2.86 bits per heavy atom. The van der Waals surface area contributed by atoms with Gasteiger partial charge in [0.15, 0.2) is 6.61 Å². The predicted molar refractivity (Wildman–Crippen MR) is 79.1 cm³/mol. The summed E-state index contributed by atoms with van der Waals surface area (Å²) in [5.41, 5.74) is 2.53. The Morgan fingerprint density at radius 2 is 2.10 bits per heavy atom. The van der Waals surface area contributed by atoms with Crippen LogP contribution in [0.2, 0.25) is 5.02 Å². The van der Waals surface area contributed by atoms with Crippen molar-refractivity contribution < 1.29 is 13.9 Å². The summed E-state index contributed by atoms with van der Waals surface area (Å²) < 4.78 is 18.5. The molecule has 0 unspecified atom stereocenters. The molecule has 0 aliphatic rings. The maximum atomic E-state index is 13.3. The summed E-state index contributed by atoms with van der Waals surface area (Å²) in [7, 11) is 0. The molecule has 4 nitrogen and oxygen atoms in total. The highest BCUT2D eigenvalue weighted by Gasteiger charge is 2.02. The third-order valence-corrected chi connectivity index (χ3v) is 2.70. The van der Waals surface area contributed by atoms with E-state index < -0.39 is 11.7 Å². The second-order valence-electron chi connectivity index (χ2n) is 4.06. The lowest BCUT2D eigenvalue weighted by atomic mass is 10.2. The second-order valence-corrected chi connectivity index (χ2v) is 4.50. The van der Waals surface area contributed by atoms with E-state index >= 15 is 0 Å². The van der Waals surface area contributed by atoms with Gasteiger partial charge in [0.1, 0.15) is 11.6 Å². The number of hydrazone groups is 1. The van der Waals surface area contributed by atoms with Crippen LogP contribution in [-0.2, 0) is 4.79 Å². The quantitative estimate of drug-likeness (QED) is 0.682. The standard InChI is InChI=1S/C15H12ClFN2O2/c16-12-5-3-6-13(8-12)21-10-15(20)19-18-9-11-4-1-2-7-14(11)17/h1-9H,10H2,(H,19,20)/b18-9-. The van der Waals surface area contributed by atoms with Crippen molar-refractivity contribution in [2.45, 2.75) is 0 Å². The van der Waals surface area contributed by atoms with Crippen LogP contribution in [0.15, 0.2) is 53.6 Å². The smallest absolute Gasteiger partial charge is 0.277 e. The number of hydrogen-bond acceptors (Lipinski definition) is 3. The Balaban J connectivity index is 1.81. The molecule has 0 aromatic heterocycles. The van der Waals surface area contributed by atoms with Gasteiger partial charge in [-0.15, -0.1) is 0 Å². The second kappa shape index (κ2) is 7.40. The number of halogens is 2.